The van der Waals surface area contributed by atoms with E-state index in [9.17, 15) is 4.79 Å². The second-order valence-electron chi connectivity index (χ2n) is 7.22. The number of nitrogens with zero attached hydrogens (tertiary/aromatic N) is 3. The molecule has 0 saturated heterocycles. The van der Waals surface area contributed by atoms with Gasteiger partial charge in [0, 0.05) is 30.8 Å². The van der Waals surface area contributed by atoms with Crippen molar-refractivity contribution < 1.29 is 4.79 Å². The number of pyridine rings is 1. The third kappa shape index (κ3) is 5.95. The summed E-state index contributed by atoms with van der Waals surface area (Å²) in [7, 11) is 0. The first-order valence-electron chi connectivity index (χ1n) is 10.3. The van der Waals surface area contributed by atoms with Crippen LogP contribution in [0.1, 0.15) is 56.7 Å². The lowest BCUT2D eigenvalue weighted by atomic mass is 10.0. The fourth-order valence-corrected chi connectivity index (χ4v) is 3.33. The van der Waals surface area contributed by atoms with E-state index in [0.717, 1.165) is 47.5 Å². The molecule has 1 N–H and O–H groups in total. The Labute approximate surface area is 172 Å². The smallest absolute Gasteiger partial charge is 0.145 e. The van der Waals surface area contributed by atoms with Crippen molar-refractivity contribution in [2.75, 3.05) is 5.32 Å². The van der Waals surface area contributed by atoms with Gasteiger partial charge in [0.15, 0.2) is 0 Å². The number of rotatable bonds is 10. The minimum atomic E-state index is 0.144. The van der Waals surface area contributed by atoms with Crippen LogP contribution in [0.2, 0.25) is 0 Å². The van der Waals surface area contributed by atoms with E-state index < -0.39 is 0 Å². The van der Waals surface area contributed by atoms with Crippen molar-refractivity contribution in [3.63, 3.8) is 0 Å². The standard InChI is InChI=1S/C24H28N4O/c1-3-6-21(29)14-18-9-11-19(12-10-18)23-16-26-17-24(28-23)27-22(7-4-2)20-8-5-13-25-15-20/h5,8-13,15-17,22H,3-4,6-7,14H2,1-2H3,(H,27,28). The second-order valence-corrected chi connectivity index (χ2v) is 7.22. The van der Waals surface area contributed by atoms with E-state index in [1.54, 1.807) is 18.6 Å². The Kier molecular flexibility index (Phi) is 7.45. The van der Waals surface area contributed by atoms with Gasteiger partial charge in [0.2, 0.25) is 0 Å². The summed E-state index contributed by atoms with van der Waals surface area (Å²) in [6, 6.07) is 12.2. The molecule has 3 aromatic rings. The highest BCUT2D eigenvalue weighted by Crippen LogP contribution is 2.24. The van der Waals surface area contributed by atoms with E-state index in [2.05, 4.69) is 28.3 Å². The first-order valence-corrected chi connectivity index (χ1v) is 10.3. The van der Waals surface area contributed by atoms with Gasteiger partial charge in [-0.25, -0.2) is 4.98 Å². The monoisotopic (exact) mass is 388 g/mol. The number of hydrogen-bond donors (Lipinski definition) is 1. The van der Waals surface area contributed by atoms with Crippen LogP contribution < -0.4 is 5.32 Å². The van der Waals surface area contributed by atoms with Crippen LogP contribution in [0.5, 0.6) is 0 Å². The Balaban J connectivity index is 1.74. The van der Waals surface area contributed by atoms with Crippen LogP contribution in [0.25, 0.3) is 11.3 Å². The number of nitrogens with one attached hydrogen (secondary N) is 1. The molecule has 0 bridgehead atoms. The van der Waals surface area contributed by atoms with Crippen LogP contribution in [0.4, 0.5) is 5.82 Å². The fraction of sp³-hybridized carbons (Fsp3) is 0.333. The second kappa shape index (κ2) is 10.5. The SMILES string of the molecule is CCCC(=O)Cc1ccc(-c2cncc(NC(CCC)c3cccnc3)n2)cc1. The van der Waals surface area contributed by atoms with E-state index in [-0.39, 0.29) is 11.8 Å². The minimum absolute atomic E-state index is 0.144. The quantitative estimate of drug-likeness (QED) is 0.503. The topological polar surface area (TPSA) is 67.8 Å². The molecule has 0 radical (unpaired) electrons. The van der Waals surface area contributed by atoms with Gasteiger partial charge in [-0.2, -0.15) is 0 Å². The number of carbonyl (C=O) groups excluding carboxylic acids is 1. The predicted molar refractivity (Wildman–Crippen MR) is 117 cm³/mol. The third-order valence-corrected chi connectivity index (χ3v) is 4.80. The lowest BCUT2D eigenvalue weighted by Gasteiger charge is -2.19. The number of carbonyl (C=O) groups is 1. The summed E-state index contributed by atoms with van der Waals surface area (Å²) in [5.74, 6) is 1.02. The lowest BCUT2D eigenvalue weighted by molar-refractivity contribution is -0.118. The molecule has 2 heterocycles. The van der Waals surface area contributed by atoms with Crippen molar-refractivity contribution in [1.29, 1.82) is 0 Å². The van der Waals surface area contributed by atoms with Crippen molar-refractivity contribution in [3.8, 4) is 11.3 Å². The van der Waals surface area contributed by atoms with Gasteiger partial charge in [-0.05, 0) is 30.0 Å². The van der Waals surface area contributed by atoms with E-state index in [1.807, 2.05) is 43.5 Å². The Hall–Kier alpha value is -3.08. The summed E-state index contributed by atoms with van der Waals surface area (Å²) in [5.41, 5.74) is 3.97. The molecule has 0 saturated carbocycles. The minimum Gasteiger partial charge on any atom is -0.362 e. The van der Waals surface area contributed by atoms with Gasteiger partial charge >= 0.3 is 0 Å². The maximum atomic E-state index is 11.8. The van der Waals surface area contributed by atoms with Gasteiger partial charge < -0.3 is 5.32 Å². The zero-order chi connectivity index (χ0) is 20.5. The molecule has 0 fully saturated rings. The summed E-state index contributed by atoms with van der Waals surface area (Å²) in [6.45, 7) is 4.19. The highest BCUT2D eigenvalue weighted by atomic mass is 16.1. The fourth-order valence-electron chi connectivity index (χ4n) is 3.33. The number of benzene rings is 1. The molecule has 150 valence electrons. The molecule has 5 heteroatoms. The summed E-state index contributed by atoms with van der Waals surface area (Å²) in [5, 5.41) is 3.50. The number of Topliss-reactive ketones (excluding diaryl/α,β-unsaturated/α-hetero) is 1. The van der Waals surface area contributed by atoms with Gasteiger partial charge in [0.05, 0.1) is 24.1 Å². The highest BCUT2D eigenvalue weighted by Gasteiger charge is 2.12. The summed E-state index contributed by atoms with van der Waals surface area (Å²) < 4.78 is 0. The summed E-state index contributed by atoms with van der Waals surface area (Å²) >= 11 is 0. The molecule has 1 atom stereocenters. The van der Waals surface area contributed by atoms with Crippen LogP contribution >= 0.6 is 0 Å². The Morgan fingerprint density at radius 2 is 1.83 bits per heavy atom. The highest BCUT2D eigenvalue weighted by molar-refractivity contribution is 5.81. The molecule has 1 unspecified atom stereocenters. The van der Waals surface area contributed by atoms with Gasteiger partial charge in [-0.15, -0.1) is 0 Å². The van der Waals surface area contributed by atoms with Gasteiger partial charge in [-0.3, -0.25) is 14.8 Å². The van der Waals surface area contributed by atoms with E-state index in [1.165, 1.54) is 0 Å². The molecular formula is C24H28N4O. The molecule has 0 amide bonds. The Morgan fingerprint density at radius 3 is 2.52 bits per heavy atom. The van der Waals surface area contributed by atoms with Crippen molar-refractivity contribution in [2.45, 2.75) is 52.0 Å². The normalized spacial score (nSPS) is 11.8. The molecule has 5 nitrogen and oxygen atoms in total. The van der Waals surface area contributed by atoms with Crippen LogP contribution in [-0.2, 0) is 11.2 Å². The predicted octanol–water partition coefficient (Wildman–Crippen LogP) is 5.40. The zero-order valence-electron chi connectivity index (χ0n) is 17.1. The van der Waals surface area contributed by atoms with Crippen LogP contribution in [0.3, 0.4) is 0 Å². The zero-order valence-corrected chi connectivity index (χ0v) is 17.1. The van der Waals surface area contributed by atoms with Crippen LogP contribution in [0, 0.1) is 0 Å². The Bertz CT molecular complexity index is 910. The van der Waals surface area contributed by atoms with Crippen molar-refractivity contribution >= 4 is 11.6 Å². The molecular weight excluding hydrogens is 360 g/mol. The molecule has 0 aliphatic rings. The maximum absolute atomic E-state index is 11.8. The first-order chi connectivity index (χ1) is 14.2. The molecule has 2 aromatic heterocycles. The number of hydrogen-bond acceptors (Lipinski definition) is 5. The van der Waals surface area contributed by atoms with E-state index >= 15 is 0 Å². The largest absolute Gasteiger partial charge is 0.362 e. The van der Waals surface area contributed by atoms with Gasteiger partial charge in [0.1, 0.15) is 11.6 Å². The molecule has 0 spiro atoms. The number of ketones is 1. The first kappa shape index (κ1) is 20.6. The van der Waals surface area contributed by atoms with E-state index in [4.69, 9.17) is 4.98 Å². The molecule has 0 aliphatic heterocycles. The maximum Gasteiger partial charge on any atom is 0.145 e. The van der Waals surface area contributed by atoms with Crippen molar-refractivity contribution in [1.82, 2.24) is 15.0 Å². The average Bonchev–Trinajstić information content (AvgIpc) is 2.75. The number of anilines is 1. The summed E-state index contributed by atoms with van der Waals surface area (Å²) in [6.07, 6.45) is 11.2. The third-order valence-electron chi connectivity index (χ3n) is 4.80. The van der Waals surface area contributed by atoms with Gasteiger partial charge in [0.25, 0.3) is 0 Å². The average molecular weight is 389 g/mol. The Morgan fingerprint density at radius 1 is 1.00 bits per heavy atom. The van der Waals surface area contributed by atoms with Crippen molar-refractivity contribution in [3.05, 3.63) is 72.3 Å². The number of aromatic nitrogens is 3. The molecule has 1 aromatic carbocycles. The molecule has 29 heavy (non-hydrogen) atoms. The molecule has 0 aliphatic carbocycles. The van der Waals surface area contributed by atoms with Gasteiger partial charge in [-0.1, -0.05) is 50.6 Å². The lowest BCUT2D eigenvalue weighted by Crippen LogP contribution is -2.12. The summed E-state index contributed by atoms with van der Waals surface area (Å²) in [4.78, 5) is 25.2. The van der Waals surface area contributed by atoms with Crippen molar-refractivity contribution in [2.24, 2.45) is 0 Å². The van der Waals surface area contributed by atoms with E-state index in [0.29, 0.717) is 12.8 Å². The molecule has 3 rings (SSSR count). The van der Waals surface area contributed by atoms with Crippen LogP contribution in [-0.4, -0.2) is 20.7 Å². The van der Waals surface area contributed by atoms with Crippen LogP contribution in [0.15, 0.2) is 61.2 Å².